The van der Waals surface area contributed by atoms with Crippen LogP contribution in [0.25, 0.3) is 0 Å². The third-order valence-electron chi connectivity index (χ3n) is 1.30. The second-order valence-electron chi connectivity index (χ2n) is 2.23. The van der Waals surface area contributed by atoms with E-state index in [1.54, 1.807) is 0 Å². The molecule has 0 fully saturated rings. The summed E-state index contributed by atoms with van der Waals surface area (Å²) in [6.07, 6.45) is 3.85. The molecule has 1 aromatic heterocycles. The summed E-state index contributed by atoms with van der Waals surface area (Å²) in [6.45, 7) is 5.83. The van der Waals surface area contributed by atoms with Crippen LogP contribution in [0.4, 0.5) is 0 Å². The van der Waals surface area contributed by atoms with Crippen molar-refractivity contribution in [1.82, 2.24) is 4.98 Å². The normalized spacial score (nSPS) is 9.55. The zero-order valence-corrected chi connectivity index (χ0v) is 8.91. The van der Waals surface area contributed by atoms with Crippen molar-refractivity contribution in [2.24, 2.45) is 0 Å². The van der Waals surface area contributed by atoms with Crippen LogP contribution in [0.1, 0.15) is 5.56 Å². The molecule has 58 valence electrons. The van der Waals surface area contributed by atoms with Crippen LogP contribution in [0.2, 0.25) is 4.47 Å². The fourth-order valence-corrected chi connectivity index (χ4v) is 2.78. The fourth-order valence-electron chi connectivity index (χ4n) is 0.760. The van der Waals surface area contributed by atoms with Gasteiger partial charge in [-0.15, -0.1) is 0 Å². The average Bonchev–Trinajstić information content (AvgIpc) is 2.03. The Hall–Kier alpha value is -0.320. The Bertz CT molecular complexity index is 245. The van der Waals surface area contributed by atoms with E-state index in [1.807, 2.05) is 18.3 Å². The predicted octanol–water partition coefficient (Wildman–Crippen LogP) is 1.32. The summed E-state index contributed by atoms with van der Waals surface area (Å²) < 4.78 is 2.46. The van der Waals surface area contributed by atoms with Gasteiger partial charge in [0.1, 0.15) is 0 Å². The van der Waals surface area contributed by atoms with Crippen molar-refractivity contribution in [2.75, 3.05) is 0 Å². The molecule has 1 aromatic rings. The molecule has 1 rings (SSSR count). The molecule has 0 aliphatic carbocycles. The molecule has 0 bridgehead atoms. The number of pyridine rings is 1. The van der Waals surface area contributed by atoms with Crippen LogP contribution in [0, 0.1) is 6.92 Å². The second-order valence-corrected chi connectivity index (χ2v) is 5.10. The van der Waals surface area contributed by atoms with Crippen molar-refractivity contribution in [1.29, 1.82) is 0 Å². The van der Waals surface area contributed by atoms with Crippen LogP contribution in [0.15, 0.2) is 31.0 Å². The number of hydrogen-bond donors (Lipinski definition) is 0. The number of aryl methyl sites for hydroxylation is 1. The topological polar surface area (TPSA) is 12.9 Å². The second kappa shape index (κ2) is 4.54. The molecule has 0 spiro atoms. The summed E-state index contributed by atoms with van der Waals surface area (Å²) in [7, 11) is 0. The van der Waals surface area contributed by atoms with Crippen molar-refractivity contribution in [3.63, 3.8) is 0 Å². The summed E-state index contributed by atoms with van der Waals surface area (Å²) in [5.74, 6) is 0. The van der Waals surface area contributed by atoms with E-state index in [0.717, 1.165) is 4.47 Å². The van der Waals surface area contributed by atoms with E-state index >= 15 is 0 Å². The summed E-state index contributed by atoms with van der Waals surface area (Å²) in [6, 6.07) is 4.11. The number of rotatable bonds is 3. The van der Waals surface area contributed by atoms with Crippen LogP contribution in [-0.4, -0.2) is 25.9 Å². The first-order chi connectivity index (χ1) is 5.34. The Labute approximate surface area is 77.6 Å². The van der Waals surface area contributed by atoms with Crippen LogP contribution >= 0.6 is 0 Å². The summed E-state index contributed by atoms with van der Waals surface area (Å²) in [4.78, 5) is 4.33. The quantitative estimate of drug-likeness (QED) is 0.590. The average molecular weight is 261 g/mol. The summed E-state index contributed by atoms with van der Waals surface area (Å²) >= 11 is -0.0940. The Balaban J connectivity index is 2.69. The molecule has 0 radical (unpaired) electrons. The molecule has 0 aromatic carbocycles. The zero-order valence-electron chi connectivity index (χ0n) is 6.58. The summed E-state index contributed by atoms with van der Waals surface area (Å²) in [5.41, 5.74) is 1.33. The van der Waals surface area contributed by atoms with E-state index in [2.05, 4.69) is 24.6 Å². The van der Waals surface area contributed by atoms with Crippen molar-refractivity contribution < 1.29 is 0 Å². The number of allylic oxidation sites excluding steroid dienone is 1. The third kappa shape index (κ3) is 2.65. The number of aromatic nitrogens is 1. The number of nitrogens with zero attached hydrogens (tertiary/aromatic N) is 1. The molecular weight excluding hydrogens is 250 g/mol. The van der Waals surface area contributed by atoms with E-state index in [-0.39, 0.29) is 20.9 Å². The Morgan fingerprint density at radius 2 is 2.55 bits per heavy atom. The zero-order chi connectivity index (χ0) is 8.10. The minimum atomic E-state index is -0.0940. The van der Waals surface area contributed by atoms with Gasteiger partial charge in [0.25, 0.3) is 0 Å². The van der Waals surface area contributed by atoms with Crippen molar-refractivity contribution in [2.45, 2.75) is 11.4 Å². The van der Waals surface area contributed by atoms with Crippen molar-refractivity contribution in [3.05, 3.63) is 36.5 Å². The first kappa shape index (κ1) is 8.77. The first-order valence-corrected chi connectivity index (χ1v) is 6.31. The predicted molar refractivity (Wildman–Crippen MR) is 49.4 cm³/mol. The molecule has 0 saturated heterocycles. The molecule has 1 nitrogen and oxygen atoms in total. The molecule has 2 heteroatoms. The van der Waals surface area contributed by atoms with Gasteiger partial charge in [0.05, 0.1) is 0 Å². The monoisotopic (exact) mass is 263 g/mol. The van der Waals surface area contributed by atoms with E-state index in [1.165, 1.54) is 9.31 Å². The van der Waals surface area contributed by atoms with Gasteiger partial charge < -0.3 is 0 Å². The van der Waals surface area contributed by atoms with Gasteiger partial charge in [0, 0.05) is 0 Å². The molecule has 0 N–H and O–H groups in total. The maximum atomic E-state index is 4.33. The number of hydrogen-bond acceptors (Lipinski definition) is 1. The standard InChI is InChI=1S/C9H11NTe/c1-3-7-11-9-8(2)5-4-6-10-9/h3-6H,1,7H2,2H3. The molecular formula is C9H11NTe. The maximum absolute atomic E-state index is 4.33. The van der Waals surface area contributed by atoms with Gasteiger partial charge >= 0.3 is 77.6 Å². The molecule has 0 unspecified atom stereocenters. The van der Waals surface area contributed by atoms with E-state index in [4.69, 9.17) is 0 Å². The van der Waals surface area contributed by atoms with Crippen LogP contribution in [0.5, 0.6) is 0 Å². The molecule has 0 aliphatic rings. The third-order valence-corrected chi connectivity index (χ3v) is 4.45. The van der Waals surface area contributed by atoms with Gasteiger partial charge in [-0.2, -0.15) is 0 Å². The van der Waals surface area contributed by atoms with Gasteiger partial charge in [-0.1, -0.05) is 0 Å². The fraction of sp³-hybridized carbons (Fsp3) is 0.222. The van der Waals surface area contributed by atoms with Crippen molar-refractivity contribution in [3.8, 4) is 0 Å². The van der Waals surface area contributed by atoms with Gasteiger partial charge in [-0.25, -0.2) is 0 Å². The van der Waals surface area contributed by atoms with E-state index in [9.17, 15) is 0 Å². The van der Waals surface area contributed by atoms with E-state index < -0.39 is 0 Å². The Morgan fingerprint density at radius 3 is 3.18 bits per heavy atom. The van der Waals surface area contributed by atoms with Crippen LogP contribution in [0.3, 0.4) is 0 Å². The van der Waals surface area contributed by atoms with Gasteiger partial charge in [0.2, 0.25) is 0 Å². The van der Waals surface area contributed by atoms with Gasteiger partial charge in [-0.05, 0) is 0 Å². The van der Waals surface area contributed by atoms with Crippen molar-refractivity contribution >= 4 is 24.7 Å². The minimum absolute atomic E-state index is 0.0940. The Morgan fingerprint density at radius 1 is 1.73 bits per heavy atom. The molecule has 0 aliphatic heterocycles. The molecule has 0 atom stereocenters. The van der Waals surface area contributed by atoms with Gasteiger partial charge in [0.15, 0.2) is 0 Å². The molecule has 0 saturated carbocycles. The van der Waals surface area contributed by atoms with Crippen LogP contribution in [-0.2, 0) is 0 Å². The van der Waals surface area contributed by atoms with Gasteiger partial charge in [-0.3, -0.25) is 0 Å². The molecule has 11 heavy (non-hydrogen) atoms. The van der Waals surface area contributed by atoms with Crippen LogP contribution < -0.4 is 3.74 Å². The molecule has 0 amide bonds. The summed E-state index contributed by atoms with van der Waals surface area (Å²) in [5, 5.41) is 0. The van der Waals surface area contributed by atoms with E-state index in [0.29, 0.717) is 0 Å². The first-order valence-electron chi connectivity index (χ1n) is 3.50. The Kier molecular flexibility index (Phi) is 3.62. The SMILES string of the molecule is C=CC[Te]c1ncccc1C. The molecule has 1 heterocycles.